The van der Waals surface area contributed by atoms with Gasteiger partial charge < -0.3 is 15.8 Å². The van der Waals surface area contributed by atoms with Gasteiger partial charge in [-0.25, -0.2) is 0 Å². The summed E-state index contributed by atoms with van der Waals surface area (Å²) in [6.07, 6.45) is 0.534. The van der Waals surface area contributed by atoms with E-state index in [2.05, 4.69) is 5.32 Å². The van der Waals surface area contributed by atoms with Crippen molar-refractivity contribution < 1.29 is 9.53 Å². The molecule has 16 heavy (non-hydrogen) atoms. The fourth-order valence-corrected chi connectivity index (χ4v) is 1.42. The SMILES string of the molecule is CCOc1ccc(C[C@@H](N)C(=O)NC)cc1. The molecule has 1 atom stereocenters. The maximum atomic E-state index is 11.2. The van der Waals surface area contributed by atoms with Gasteiger partial charge in [0.25, 0.3) is 0 Å². The van der Waals surface area contributed by atoms with Crippen LogP contribution in [0, 0.1) is 0 Å². The van der Waals surface area contributed by atoms with E-state index in [1.165, 1.54) is 0 Å². The van der Waals surface area contributed by atoms with E-state index in [1.807, 2.05) is 31.2 Å². The average Bonchev–Trinajstić information content (AvgIpc) is 2.31. The molecule has 0 radical (unpaired) electrons. The maximum Gasteiger partial charge on any atom is 0.237 e. The summed E-state index contributed by atoms with van der Waals surface area (Å²) in [7, 11) is 1.58. The molecule has 0 spiro atoms. The summed E-state index contributed by atoms with van der Waals surface area (Å²) in [5.41, 5.74) is 6.74. The highest BCUT2D eigenvalue weighted by Crippen LogP contribution is 2.12. The van der Waals surface area contributed by atoms with Gasteiger partial charge in [0.1, 0.15) is 5.75 Å². The van der Waals surface area contributed by atoms with Gasteiger partial charge in [-0.3, -0.25) is 4.79 Å². The van der Waals surface area contributed by atoms with Crippen LogP contribution in [0.15, 0.2) is 24.3 Å². The van der Waals surface area contributed by atoms with Gasteiger partial charge in [-0.1, -0.05) is 12.1 Å². The van der Waals surface area contributed by atoms with Gasteiger partial charge in [0.15, 0.2) is 0 Å². The van der Waals surface area contributed by atoms with Crippen LogP contribution in [0.4, 0.5) is 0 Å². The van der Waals surface area contributed by atoms with E-state index < -0.39 is 6.04 Å². The molecule has 0 saturated heterocycles. The molecule has 0 heterocycles. The molecule has 0 saturated carbocycles. The van der Waals surface area contributed by atoms with E-state index in [9.17, 15) is 4.79 Å². The third kappa shape index (κ3) is 3.55. The first kappa shape index (κ1) is 12.5. The van der Waals surface area contributed by atoms with Crippen molar-refractivity contribution in [1.82, 2.24) is 5.32 Å². The van der Waals surface area contributed by atoms with E-state index in [0.29, 0.717) is 13.0 Å². The topological polar surface area (TPSA) is 64.3 Å². The lowest BCUT2D eigenvalue weighted by molar-refractivity contribution is -0.121. The average molecular weight is 222 g/mol. The van der Waals surface area contributed by atoms with Crippen LogP contribution in [0.25, 0.3) is 0 Å². The van der Waals surface area contributed by atoms with E-state index in [-0.39, 0.29) is 5.91 Å². The fourth-order valence-electron chi connectivity index (χ4n) is 1.42. The Morgan fingerprint density at radius 1 is 1.44 bits per heavy atom. The molecule has 0 aliphatic rings. The number of carbonyl (C=O) groups is 1. The Balaban J connectivity index is 2.58. The normalized spacial score (nSPS) is 11.9. The van der Waals surface area contributed by atoms with Crippen LogP contribution in [-0.4, -0.2) is 25.6 Å². The lowest BCUT2D eigenvalue weighted by Crippen LogP contribution is -2.40. The zero-order valence-electron chi connectivity index (χ0n) is 9.69. The molecule has 0 bridgehead atoms. The molecule has 0 aromatic heterocycles. The van der Waals surface area contributed by atoms with Gasteiger partial charge in [0.2, 0.25) is 5.91 Å². The number of hydrogen-bond acceptors (Lipinski definition) is 3. The number of ether oxygens (including phenoxy) is 1. The third-order valence-corrected chi connectivity index (χ3v) is 2.27. The first-order chi connectivity index (χ1) is 7.67. The number of carbonyl (C=O) groups excluding carboxylic acids is 1. The van der Waals surface area contributed by atoms with Gasteiger partial charge in [-0.2, -0.15) is 0 Å². The molecule has 1 amide bonds. The minimum atomic E-state index is -0.497. The number of nitrogens with two attached hydrogens (primary N) is 1. The minimum Gasteiger partial charge on any atom is -0.494 e. The zero-order chi connectivity index (χ0) is 12.0. The lowest BCUT2D eigenvalue weighted by Gasteiger charge is -2.10. The molecule has 0 aliphatic heterocycles. The largest absolute Gasteiger partial charge is 0.494 e. The van der Waals surface area contributed by atoms with E-state index in [1.54, 1.807) is 7.05 Å². The first-order valence-electron chi connectivity index (χ1n) is 5.36. The Kier molecular flexibility index (Phi) is 4.79. The summed E-state index contributed by atoms with van der Waals surface area (Å²) in [4.78, 5) is 11.2. The zero-order valence-corrected chi connectivity index (χ0v) is 9.69. The number of amides is 1. The molecule has 0 fully saturated rings. The highest BCUT2D eigenvalue weighted by atomic mass is 16.5. The Morgan fingerprint density at radius 2 is 2.06 bits per heavy atom. The van der Waals surface area contributed by atoms with Gasteiger partial charge in [0.05, 0.1) is 12.6 Å². The predicted molar refractivity (Wildman–Crippen MR) is 63.4 cm³/mol. The van der Waals surface area contributed by atoms with Crippen LogP contribution in [0.2, 0.25) is 0 Å². The summed E-state index contributed by atoms with van der Waals surface area (Å²) in [5.74, 6) is 0.689. The number of benzene rings is 1. The third-order valence-electron chi connectivity index (χ3n) is 2.27. The summed E-state index contributed by atoms with van der Waals surface area (Å²) in [6.45, 7) is 2.59. The number of likely N-dealkylation sites (N-methyl/N-ethyl adjacent to an activating group) is 1. The van der Waals surface area contributed by atoms with Crippen LogP contribution < -0.4 is 15.8 Å². The van der Waals surface area contributed by atoms with Gasteiger partial charge in [0, 0.05) is 7.05 Å². The Labute approximate surface area is 95.8 Å². The molecule has 0 aliphatic carbocycles. The van der Waals surface area contributed by atoms with E-state index >= 15 is 0 Å². The van der Waals surface area contributed by atoms with Crippen LogP contribution in [0.1, 0.15) is 12.5 Å². The Hall–Kier alpha value is -1.55. The smallest absolute Gasteiger partial charge is 0.237 e. The summed E-state index contributed by atoms with van der Waals surface area (Å²) >= 11 is 0. The second-order valence-corrected chi connectivity index (χ2v) is 3.50. The molecule has 3 N–H and O–H groups in total. The molecule has 1 rings (SSSR count). The number of nitrogens with one attached hydrogen (secondary N) is 1. The number of rotatable bonds is 5. The summed E-state index contributed by atoms with van der Waals surface area (Å²) in [5, 5.41) is 2.53. The van der Waals surface area contributed by atoms with Crippen LogP contribution in [-0.2, 0) is 11.2 Å². The predicted octanol–water partition coefficient (Wildman–Crippen LogP) is 0.701. The molecule has 4 nitrogen and oxygen atoms in total. The quantitative estimate of drug-likeness (QED) is 0.771. The Bertz CT molecular complexity index is 335. The molecule has 0 unspecified atom stereocenters. The molecular weight excluding hydrogens is 204 g/mol. The fraction of sp³-hybridized carbons (Fsp3) is 0.417. The lowest BCUT2D eigenvalue weighted by atomic mass is 10.1. The van der Waals surface area contributed by atoms with Crippen molar-refractivity contribution in [2.24, 2.45) is 5.73 Å². The van der Waals surface area contributed by atoms with Crippen molar-refractivity contribution in [3.8, 4) is 5.75 Å². The minimum absolute atomic E-state index is 0.145. The molecule has 1 aromatic rings. The van der Waals surface area contributed by atoms with Crippen molar-refractivity contribution in [3.63, 3.8) is 0 Å². The molecule has 1 aromatic carbocycles. The van der Waals surface area contributed by atoms with Gasteiger partial charge in [-0.05, 0) is 31.0 Å². The standard InChI is InChI=1S/C12H18N2O2/c1-3-16-10-6-4-9(5-7-10)8-11(13)12(15)14-2/h4-7,11H,3,8,13H2,1-2H3,(H,14,15)/t11-/m1/s1. The van der Waals surface area contributed by atoms with Crippen molar-refractivity contribution in [2.45, 2.75) is 19.4 Å². The van der Waals surface area contributed by atoms with Crippen molar-refractivity contribution >= 4 is 5.91 Å². The van der Waals surface area contributed by atoms with Gasteiger partial charge in [-0.15, -0.1) is 0 Å². The second kappa shape index (κ2) is 6.12. The van der Waals surface area contributed by atoms with Crippen molar-refractivity contribution in [1.29, 1.82) is 0 Å². The summed E-state index contributed by atoms with van der Waals surface area (Å²) < 4.78 is 5.32. The molecule has 88 valence electrons. The Morgan fingerprint density at radius 3 is 2.56 bits per heavy atom. The highest BCUT2D eigenvalue weighted by Gasteiger charge is 2.11. The van der Waals surface area contributed by atoms with Crippen LogP contribution in [0.5, 0.6) is 5.75 Å². The molecule has 4 heteroatoms. The molecular formula is C12H18N2O2. The van der Waals surface area contributed by atoms with Crippen LogP contribution >= 0.6 is 0 Å². The summed E-state index contributed by atoms with van der Waals surface area (Å²) in [6, 6.07) is 7.12. The highest BCUT2D eigenvalue weighted by molar-refractivity contribution is 5.81. The van der Waals surface area contributed by atoms with Crippen LogP contribution in [0.3, 0.4) is 0 Å². The monoisotopic (exact) mass is 222 g/mol. The van der Waals surface area contributed by atoms with E-state index in [4.69, 9.17) is 10.5 Å². The van der Waals surface area contributed by atoms with E-state index in [0.717, 1.165) is 11.3 Å². The second-order valence-electron chi connectivity index (χ2n) is 3.50. The number of hydrogen-bond donors (Lipinski definition) is 2. The maximum absolute atomic E-state index is 11.2. The first-order valence-corrected chi connectivity index (χ1v) is 5.36. The van der Waals surface area contributed by atoms with Crippen molar-refractivity contribution in [3.05, 3.63) is 29.8 Å². The van der Waals surface area contributed by atoms with Gasteiger partial charge >= 0.3 is 0 Å². The van der Waals surface area contributed by atoms with Crippen molar-refractivity contribution in [2.75, 3.05) is 13.7 Å².